The zero-order chi connectivity index (χ0) is 22.6. The van der Waals surface area contributed by atoms with Crippen molar-refractivity contribution in [2.45, 2.75) is 18.4 Å². The average Bonchev–Trinajstić information content (AvgIpc) is 3.12. The molecule has 0 radical (unpaired) electrons. The van der Waals surface area contributed by atoms with Crippen LogP contribution in [0.3, 0.4) is 0 Å². The lowest BCUT2D eigenvalue weighted by atomic mass is 10.2. The Morgan fingerprint density at radius 1 is 1.10 bits per heavy atom. The summed E-state index contributed by atoms with van der Waals surface area (Å²) in [6.07, 6.45) is 0. The van der Waals surface area contributed by atoms with E-state index in [2.05, 4.69) is 4.99 Å². The van der Waals surface area contributed by atoms with Gasteiger partial charge in [-0.05, 0) is 18.2 Å². The van der Waals surface area contributed by atoms with E-state index in [0.717, 1.165) is 10.2 Å². The molecule has 166 valence electrons. The van der Waals surface area contributed by atoms with Crippen molar-refractivity contribution in [3.05, 3.63) is 46.8 Å². The van der Waals surface area contributed by atoms with Crippen molar-refractivity contribution in [2.24, 2.45) is 4.99 Å². The van der Waals surface area contributed by atoms with Gasteiger partial charge in [-0.1, -0.05) is 24.3 Å². The zero-order valence-corrected chi connectivity index (χ0v) is 19.4. The summed E-state index contributed by atoms with van der Waals surface area (Å²) in [6, 6.07) is 9.61. The fourth-order valence-electron chi connectivity index (χ4n) is 3.02. The molecule has 1 aromatic heterocycles. The first-order chi connectivity index (χ1) is 14.8. The Hall–Kier alpha value is -2.69. The Morgan fingerprint density at radius 3 is 2.45 bits per heavy atom. The molecule has 8 nitrogen and oxygen atoms in total. The van der Waals surface area contributed by atoms with Crippen molar-refractivity contribution in [3.63, 3.8) is 0 Å². The van der Waals surface area contributed by atoms with Crippen LogP contribution < -0.4 is 14.3 Å². The Kier molecular flexibility index (Phi) is 7.14. The van der Waals surface area contributed by atoms with Crippen LogP contribution >= 0.6 is 11.3 Å². The molecule has 1 amide bonds. The monoisotopic (exact) mass is 464 g/mol. The Labute approximate surface area is 184 Å². The number of ether oxygens (including phenoxy) is 3. The molecular weight excluding hydrogens is 440 g/mol. The minimum Gasteiger partial charge on any atom is -0.493 e. The van der Waals surface area contributed by atoms with E-state index in [1.807, 2.05) is 16.7 Å². The molecule has 0 N–H and O–H groups in total. The number of sulfone groups is 1. The van der Waals surface area contributed by atoms with Gasteiger partial charge in [0.05, 0.1) is 41.7 Å². The number of fused-ring (bicyclic) bond motifs is 1. The number of thiazole rings is 1. The predicted molar refractivity (Wildman–Crippen MR) is 119 cm³/mol. The molecule has 0 saturated heterocycles. The third-order valence-corrected chi connectivity index (χ3v) is 7.50. The summed E-state index contributed by atoms with van der Waals surface area (Å²) in [5, 5.41) is 0. The van der Waals surface area contributed by atoms with Gasteiger partial charge < -0.3 is 18.8 Å². The van der Waals surface area contributed by atoms with Gasteiger partial charge in [0.25, 0.3) is 5.91 Å². The van der Waals surface area contributed by atoms with Gasteiger partial charge in [0.1, 0.15) is 0 Å². The SMILES string of the molecule is CCS(=O)(=O)c1cccc(C(=O)N=c2sc3cc(OC)c(OC)cc3n2CCOC)c1. The molecule has 2 aromatic carbocycles. The maximum absolute atomic E-state index is 12.9. The third-order valence-electron chi connectivity index (χ3n) is 4.72. The highest BCUT2D eigenvalue weighted by molar-refractivity contribution is 7.91. The number of hydrogen-bond acceptors (Lipinski definition) is 7. The molecule has 0 unspecified atom stereocenters. The van der Waals surface area contributed by atoms with E-state index >= 15 is 0 Å². The highest BCUT2D eigenvalue weighted by atomic mass is 32.2. The molecule has 0 aliphatic carbocycles. The fourth-order valence-corrected chi connectivity index (χ4v) is 5.01. The quantitative estimate of drug-likeness (QED) is 0.509. The van der Waals surface area contributed by atoms with Crippen LogP contribution in [0.4, 0.5) is 0 Å². The number of methoxy groups -OCH3 is 3. The van der Waals surface area contributed by atoms with Crippen molar-refractivity contribution < 1.29 is 27.4 Å². The summed E-state index contributed by atoms with van der Waals surface area (Å²) in [5.41, 5.74) is 1.04. The van der Waals surface area contributed by atoms with E-state index in [1.54, 1.807) is 40.4 Å². The molecule has 1 heterocycles. The highest BCUT2D eigenvalue weighted by Crippen LogP contribution is 2.33. The van der Waals surface area contributed by atoms with Gasteiger partial charge in [-0.3, -0.25) is 4.79 Å². The van der Waals surface area contributed by atoms with Gasteiger partial charge >= 0.3 is 0 Å². The number of rotatable bonds is 8. The Balaban J connectivity index is 2.14. The summed E-state index contributed by atoms with van der Waals surface area (Å²) in [6.45, 7) is 2.46. The van der Waals surface area contributed by atoms with Crippen LogP contribution in [-0.2, 0) is 21.1 Å². The minimum atomic E-state index is -3.42. The van der Waals surface area contributed by atoms with Crippen LogP contribution in [-0.4, -0.2) is 52.6 Å². The van der Waals surface area contributed by atoms with Crippen molar-refractivity contribution in [2.75, 3.05) is 33.7 Å². The Morgan fingerprint density at radius 2 is 1.81 bits per heavy atom. The molecule has 0 fully saturated rings. The first-order valence-electron chi connectivity index (χ1n) is 9.50. The Bertz CT molecular complexity index is 1270. The first-order valence-corrected chi connectivity index (χ1v) is 12.0. The predicted octanol–water partition coefficient (Wildman–Crippen LogP) is 2.90. The normalized spacial score (nSPS) is 12.3. The molecule has 0 atom stereocenters. The van der Waals surface area contributed by atoms with Crippen LogP contribution in [0.1, 0.15) is 17.3 Å². The summed E-state index contributed by atoms with van der Waals surface area (Å²) < 4.78 is 43.0. The average molecular weight is 465 g/mol. The smallest absolute Gasteiger partial charge is 0.279 e. The molecule has 0 spiro atoms. The van der Waals surface area contributed by atoms with Gasteiger partial charge in [-0.2, -0.15) is 4.99 Å². The second-order valence-corrected chi connectivity index (χ2v) is 9.84. The highest BCUT2D eigenvalue weighted by Gasteiger charge is 2.16. The van der Waals surface area contributed by atoms with Crippen LogP contribution in [0.2, 0.25) is 0 Å². The molecule has 3 aromatic rings. The van der Waals surface area contributed by atoms with Crippen LogP contribution in [0.5, 0.6) is 11.5 Å². The molecule has 31 heavy (non-hydrogen) atoms. The maximum atomic E-state index is 12.9. The summed E-state index contributed by atoms with van der Waals surface area (Å²) in [5.74, 6) is 0.573. The van der Waals surface area contributed by atoms with Crippen molar-refractivity contribution >= 4 is 37.3 Å². The largest absolute Gasteiger partial charge is 0.493 e. The van der Waals surface area contributed by atoms with E-state index in [1.165, 1.54) is 23.5 Å². The van der Waals surface area contributed by atoms with E-state index in [-0.39, 0.29) is 16.2 Å². The number of amides is 1. The number of benzene rings is 2. The van der Waals surface area contributed by atoms with Gasteiger partial charge in [0, 0.05) is 31.4 Å². The first kappa shape index (κ1) is 23.0. The van der Waals surface area contributed by atoms with Crippen molar-refractivity contribution in [1.82, 2.24) is 4.57 Å². The lowest BCUT2D eigenvalue weighted by Crippen LogP contribution is -2.19. The van der Waals surface area contributed by atoms with Crippen molar-refractivity contribution in [3.8, 4) is 11.5 Å². The van der Waals surface area contributed by atoms with Crippen LogP contribution in [0, 0.1) is 0 Å². The van der Waals surface area contributed by atoms with E-state index in [9.17, 15) is 13.2 Å². The topological polar surface area (TPSA) is 96.2 Å². The van der Waals surface area contributed by atoms with Gasteiger partial charge in [-0.25, -0.2) is 8.42 Å². The van der Waals surface area contributed by atoms with Crippen molar-refractivity contribution in [1.29, 1.82) is 0 Å². The van der Waals surface area contributed by atoms with Gasteiger partial charge in [0.15, 0.2) is 26.1 Å². The zero-order valence-electron chi connectivity index (χ0n) is 17.7. The fraction of sp³-hybridized carbons (Fsp3) is 0.333. The number of aromatic nitrogens is 1. The lowest BCUT2D eigenvalue weighted by Gasteiger charge is -2.09. The molecule has 10 heteroatoms. The van der Waals surface area contributed by atoms with Crippen LogP contribution in [0.15, 0.2) is 46.3 Å². The maximum Gasteiger partial charge on any atom is 0.279 e. The standard InChI is InChI=1S/C21H24N2O6S2/c1-5-31(25,26)15-8-6-7-14(11-15)20(24)22-21-23(9-10-27-2)16-12-17(28-3)18(29-4)13-19(16)30-21/h6-8,11-13H,5,9-10H2,1-4H3. The third kappa shape index (κ3) is 4.81. The van der Waals surface area contributed by atoms with E-state index in [0.29, 0.717) is 29.5 Å². The molecule has 0 aliphatic rings. The number of carbonyl (C=O) groups excluding carboxylic acids is 1. The second kappa shape index (κ2) is 9.63. The molecule has 0 aliphatic heterocycles. The number of nitrogens with zero attached hydrogens (tertiary/aromatic N) is 2. The van der Waals surface area contributed by atoms with E-state index < -0.39 is 15.7 Å². The molecule has 0 bridgehead atoms. The van der Waals surface area contributed by atoms with Crippen LogP contribution in [0.25, 0.3) is 10.2 Å². The number of carbonyl (C=O) groups is 1. The summed E-state index contributed by atoms with van der Waals surface area (Å²) >= 11 is 1.33. The second-order valence-electron chi connectivity index (χ2n) is 6.55. The van der Waals surface area contributed by atoms with Gasteiger partial charge in [0.2, 0.25) is 0 Å². The molecule has 0 saturated carbocycles. The number of hydrogen-bond donors (Lipinski definition) is 0. The van der Waals surface area contributed by atoms with E-state index in [4.69, 9.17) is 14.2 Å². The summed E-state index contributed by atoms with van der Waals surface area (Å²) in [4.78, 5) is 17.7. The lowest BCUT2D eigenvalue weighted by molar-refractivity contribution is 0.0997. The van der Waals surface area contributed by atoms with Gasteiger partial charge in [-0.15, -0.1) is 0 Å². The summed E-state index contributed by atoms with van der Waals surface area (Å²) in [7, 11) is 1.29. The minimum absolute atomic E-state index is 0.0429. The molecular formula is C21H24N2O6S2. The molecule has 3 rings (SSSR count).